The van der Waals surface area contributed by atoms with Gasteiger partial charge in [-0.3, -0.25) is 0 Å². The molecule has 0 aliphatic carbocycles. The third kappa shape index (κ3) is 2.96. The third-order valence-electron chi connectivity index (χ3n) is 3.48. The van der Waals surface area contributed by atoms with Crippen molar-refractivity contribution in [1.82, 2.24) is 0 Å². The van der Waals surface area contributed by atoms with E-state index in [-0.39, 0.29) is 0 Å². The molecule has 86 valence electrons. The number of para-hydroxylation sites is 1. The van der Waals surface area contributed by atoms with Gasteiger partial charge in [0.1, 0.15) is 31.4 Å². The molecule has 0 spiro atoms. The fourth-order valence-corrected chi connectivity index (χ4v) is 1.89. The van der Waals surface area contributed by atoms with Gasteiger partial charge in [0, 0.05) is 16.8 Å². The second kappa shape index (κ2) is 6.31. The zero-order valence-electron chi connectivity index (χ0n) is 11.7. The van der Waals surface area contributed by atoms with Crippen LogP contribution in [0.25, 0.3) is 5.57 Å². The lowest BCUT2D eigenvalue weighted by atomic mass is 9.65. The minimum Gasteiger partial charge on any atom is -0.398 e. The summed E-state index contributed by atoms with van der Waals surface area (Å²) in [5.41, 5.74) is 12.3. The van der Waals surface area contributed by atoms with E-state index >= 15 is 0 Å². The molecule has 0 bridgehead atoms. The van der Waals surface area contributed by atoms with Gasteiger partial charge in [-0.2, -0.15) is 0 Å². The van der Waals surface area contributed by atoms with Gasteiger partial charge in [-0.15, -0.1) is 17.4 Å². The maximum atomic E-state index is 6.00. The number of hydrogen-bond donors (Lipinski definition) is 1. The van der Waals surface area contributed by atoms with Gasteiger partial charge in [-0.25, -0.2) is 0 Å². The first kappa shape index (κ1) is 14.4. The molecule has 0 saturated carbocycles. The lowest BCUT2D eigenvalue weighted by Crippen LogP contribution is -2.01. The van der Waals surface area contributed by atoms with Crippen LogP contribution in [0.15, 0.2) is 40.7 Å². The molecule has 18 heavy (non-hydrogen) atoms. The van der Waals surface area contributed by atoms with E-state index in [9.17, 15) is 0 Å². The highest BCUT2D eigenvalue weighted by atomic mass is 14.6. The Morgan fingerprint density at radius 1 is 1.17 bits per heavy atom. The molecule has 0 atom stereocenters. The monoisotopic (exact) mass is 231 g/mol. The summed E-state index contributed by atoms with van der Waals surface area (Å²) in [6, 6.07) is 7.73. The van der Waals surface area contributed by atoms with Crippen molar-refractivity contribution in [2.24, 2.45) is 0 Å². The molecule has 0 radical (unpaired) electrons. The molecule has 0 saturated heterocycles. The smallest absolute Gasteiger partial charge is 0.140 e. The average Bonchev–Trinajstić information content (AvgIpc) is 2.39. The number of anilines is 1. The van der Waals surface area contributed by atoms with Crippen LogP contribution in [0, 0.1) is 12.3 Å². The van der Waals surface area contributed by atoms with E-state index in [2.05, 4.69) is 37.3 Å². The topological polar surface area (TPSA) is 26.0 Å². The average molecular weight is 231 g/mol. The van der Waals surface area contributed by atoms with Crippen molar-refractivity contribution in [2.75, 3.05) is 5.73 Å². The van der Waals surface area contributed by atoms with Crippen molar-refractivity contribution in [2.45, 2.75) is 6.32 Å². The van der Waals surface area contributed by atoms with E-state index in [0.717, 1.165) is 28.6 Å². The van der Waals surface area contributed by atoms with Crippen molar-refractivity contribution >= 4 is 42.6 Å². The van der Waals surface area contributed by atoms with Crippen LogP contribution >= 0.6 is 0 Å². The molecule has 0 amide bonds. The zero-order chi connectivity index (χ0) is 13.7. The molecule has 1 aromatic carbocycles. The summed E-state index contributed by atoms with van der Waals surface area (Å²) < 4.78 is 0. The number of hydrogen-bond acceptors (Lipinski definition) is 1. The zero-order valence-corrected chi connectivity index (χ0v) is 11.7. The fourth-order valence-electron chi connectivity index (χ4n) is 1.89. The molecular formula is C13H17B4N. The minimum atomic E-state index is 0.728. The summed E-state index contributed by atoms with van der Waals surface area (Å²) >= 11 is 0. The van der Waals surface area contributed by atoms with Crippen LogP contribution in [0.4, 0.5) is 5.69 Å². The van der Waals surface area contributed by atoms with Crippen molar-refractivity contribution < 1.29 is 0 Å². The van der Waals surface area contributed by atoms with Crippen LogP contribution in [0.1, 0.15) is 5.56 Å². The molecule has 2 N–H and O–H groups in total. The molecule has 1 aromatic rings. The van der Waals surface area contributed by atoms with Gasteiger partial charge in [0.15, 0.2) is 0 Å². The SMILES string of the molecule is BC/C(B)=C(B)\C(B)=C(/C#C)c1ccccc1N. The lowest BCUT2D eigenvalue weighted by molar-refractivity contribution is 1.57. The summed E-state index contributed by atoms with van der Waals surface area (Å²) in [5.74, 6) is 2.78. The predicted octanol–water partition coefficient (Wildman–Crippen LogP) is -1.22. The predicted molar refractivity (Wildman–Crippen MR) is 92.6 cm³/mol. The summed E-state index contributed by atoms with van der Waals surface area (Å²) in [7, 11) is 8.47. The molecule has 1 nitrogen and oxygen atoms in total. The summed E-state index contributed by atoms with van der Waals surface area (Å²) in [6.45, 7) is 0. The molecule has 0 fully saturated rings. The fraction of sp³-hybridized carbons (Fsp3) is 0.0769. The summed E-state index contributed by atoms with van der Waals surface area (Å²) in [6.07, 6.45) is 6.70. The maximum Gasteiger partial charge on any atom is 0.140 e. The highest BCUT2D eigenvalue weighted by Crippen LogP contribution is 2.25. The van der Waals surface area contributed by atoms with Crippen LogP contribution in [-0.2, 0) is 0 Å². The van der Waals surface area contributed by atoms with Crippen molar-refractivity contribution in [3.05, 3.63) is 46.2 Å². The second-order valence-corrected chi connectivity index (χ2v) is 4.49. The highest BCUT2D eigenvalue weighted by molar-refractivity contribution is 6.44. The van der Waals surface area contributed by atoms with Crippen molar-refractivity contribution in [3.63, 3.8) is 0 Å². The number of nitrogen functional groups attached to an aromatic ring is 1. The first-order valence-corrected chi connectivity index (χ1v) is 6.22. The standard InChI is InChI=1S/C13H17B4N/c1-2-8(9-5-3-4-6-11(9)18)12(16)13(17)10(15)7-14/h1,3-6H,7,14-18H2/b12-8-,13-10-. The second-order valence-electron chi connectivity index (χ2n) is 4.49. The van der Waals surface area contributed by atoms with Gasteiger partial charge in [0.25, 0.3) is 0 Å². The van der Waals surface area contributed by atoms with Crippen molar-refractivity contribution in [3.8, 4) is 12.3 Å². The Morgan fingerprint density at radius 3 is 2.28 bits per heavy atom. The molecule has 0 aliphatic heterocycles. The van der Waals surface area contributed by atoms with Crippen LogP contribution in [-0.4, -0.2) is 31.4 Å². The molecule has 5 heteroatoms. The van der Waals surface area contributed by atoms with E-state index in [1.54, 1.807) is 0 Å². The Kier molecular flexibility index (Phi) is 5.04. The highest BCUT2D eigenvalue weighted by Gasteiger charge is 2.08. The lowest BCUT2D eigenvalue weighted by Gasteiger charge is -2.13. The number of rotatable bonds is 3. The van der Waals surface area contributed by atoms with E-state index in [4.69, 9.17) is 12.2 Å². The Morgan fingerprint density at radius 2 is 1.78 bits per heavy atom. The van der Waals surface area contributed by atoms with E-state index in [0.29, 0.717) is 0 Å². The number of terminal acetylenes is 1. The summed E-state index contributed by atoms with van der Waals surface area (Å²) in [4.78, 5) is 0. The van der Waals surface area contributed by atoms with E-state index in [1.807, 2.05) is 24.3 Å². The van der Waals surface area contributed by atoms with Crippen LogP contribution in [0.2, 0.25) is 6.32 Å². The number of nitrogens with two attached hydrogens (primary N) is 1. The van der Waals surface area contributed by atoms with Crippen LogP contribution in [0.3, 0.4) is 0 Å². The number of benzene rings is 1. The minimum absolute atomic E-state index is 0.728. The van der Waals surface area contributed by atoms with Gasteiger partial charge < -0.3 is 5.73 Å². The van der Waals surface area contributed by atoms with Crippen LogP contribution < -0.4 is 5.73 Å². The van der Waals surface area contributed by atoms with Gasteiger partial charge in [-0.1, -0.05) is 35.9 Å². The molecule has 0 heterocycles. The first-order valence-electron chi connectivity index (χ1n) is 6.22. The van der Waals surface area contributed by atoms with Gasteiger partial charge >= 0.3 is 0 Å². The Labute approximate surface area is 114 Å². The van der Waals surface area contributed by atoms with Gasteiger partial charge in [0.2, 0.25) is 0 Å². The maximum absolute atomic E-state index is 6.00. The number of allylic oxidation sites excluding steroid dienone is 4. The quantitative estimate of drug-likeness (QED) is 0.299. The van der Waals surface area contributed by atoms with Crippen LogP contribution in [0.5, 0.6) is 0 Å². The Balaban J connectivity index is 3.44. The Bertz CT molecular complexity index is 552. The first-order chi connectivity index (χ1) is 8.52. The molecule has 1 rings (SSSR count). The van der Waals surface area contributed by atoms with Gasteiger partial charge in [-0.05, 0) is 6.07 Å². The van der Waals surface area contributed by atoms with Gasteiger partial charge in [0.05, 0.1) is 0 Å². The van der Waals surface area contributed by atoms with Crippen molar-refractivity contribution in [1.29, 1.82) is 0 Å². The summed E-state index contributed by atoms with van der Waals surface area (Å²) in [5, 5.41) is 0. The molecular weight excluding hydrogens is 213 g/mol. The van der Waals surface area contributed by atoms with E-state index < -0.39 is 0 Å². The largest absolute Gasteiger partial charge is 0.398 e. The molecule has 0 unspecified atom stereocenters. The molecule has 0 aromatic heterocycles. The van der Waals surface area contributed by atoms with E-state index in [1.165, 1.54) is 10.9 Å². The Hall–Kier alpha value is -1.68. The third-order valence-corrected chi connectivity index (χ3v) is 3.48. The normalized spacial score (nSPS) is 13.3. The molecule has 0 aliphatic rings.